The van der Waals surface area contributed by atoms with Crippen LogP contribution in [0.3, 0.4) is 0 Å². The van der Waals surface area contributed by atoms with Crippen molar-refractivity contribution >= 4 is 28.4 Å². The van der Waals surface area contributed by atoms with Crippen LogP contribution in [0.4, 0.5) is 0 Å². The molecule has 1 aliphatic rings. The number of likely N-dealkylation sites (tertiary alicyclic amines) is 1. The number of fused-ring (bicyclic) bond motifs is 1. The van der Waals surface area contributed by atoms with Crippen LogP contribution >= 0.6 is 0 Å². The topological polar surface area (TPSA) is 81.0 Å². The molecule has 33 heavy (non-hydrogen) atoms. The highest BCUT2D eigenvalue weighted by molar-refractivity contribution is 6.46. The van der Waals surface area contributed by atoms with Gasteiger partial charge in [0.2, 0.25) is 0 Å². The number of aromatic nitrogens is 1. The summed E-state index contributed by atoms with van der Waals surface area (Å²) in [7, 11) is 3.46. The number of hydrogen-bond donors (Lipinski definition) is 1. The average molecular weight is 449 g/mol. The van der Waals surface area contributed by atoms with E-state index in [0.717, 1.165) is 16.5 Å². The number of amides is 1. The van der Waals surface area contributed by atoms with Crippen LogP contribution in [0.1, 0.15) is 31.0 Å². The van der Waals surface area contributed by atoms with Gasteiger partial charge in [-0.15, -0.1) is 0 Å². The van der Waals surface area contributed by atoms with Gasteiger partial charge in [0.15, 0.2) is 0 Å². The van der Waals surface area contributed by atoms with E-state index in [9.17, 15) is 14.7 Å². The Balaban J connectivity index is 1.87. The molecule has 0 saturated carbocycles. The second-order valence-corrected chi connectivity index (χ2v) is 8.39. The summed E-state index contributed by atoms with van der Waals surface area (Å²) in [6.45, 7) is 4.36. The second-order valence-electron chi connectivity index (χ2n) is 8.39. The van der Waals surface area contributed by atoms with Gasteiger partial charge >= 0.3 is 0 Å². The highest BCUT2D eigenvalue weighted by atomic mass is 16.5. The Morgan fingerprint density at radius 1 is 1.09 bits per heavy atom. The fourth-order valence-corrected chi connectivity index (χ4v) is 4.33. The fraction of sp³-hybridized carbons (Fsp3) is 0.308. The van der Waals surface area contributed by atoms with Crippen molar-refractivity contribution in [3.63, 3.8) is 0 Å². The first kappa shape index (κ1) is 22.6. The maximum Gasteiger partial charge on any atom is 0.295 e. The quantitative estimate of drug-likeness (QED) is 0.335. The highest BCUT2D eigenvalue weighted by Gasteiger charge is 2.46. The summed E-state index contributed by atoms with van der Waals surface area (Å²) in [6.07, 6.45) is 1.93. The molecule has 0 spiro atoms. The van der Waals surface area contributed by atoms with Crippen molar-refractivity contribution in [3.05, 3.63) is 71.4 Å². The zero-order valence-electron chi connectivity index (χ0n) is 19.2. The molecule has 1 aliphatic heterocycles. The lowest BCUT2D eigenvalue weighted by molar-refractivity contribution is -0.140. The maximum absolute atomic E-state index is 13.2. The molecule has 172 valence electrons. The van der Waals surface area contributed by atoms with E-state index < -0.39 is 17.7 Å². The van der Waals surface area contributed by atoms with Crippen molar-refractivity contribution in [1.82, 2.24) is 9.47 Å². The Kier molecular flexibility index (Phi) is 6.24. The van der Waals surface area contributed by atoms with E-state index in [4.69, 9.17) is 9.47 Å². The molecule has 3 aromatic rings. The Morgan fingerprint density at radius 2 is 1.79 bits per heavy atom. The average Bonchev–Trinajstić information content (AvgIpc) is 3.26. The maximum atomic E-state index is 13.2. The van der Waals surface area contributed by atoms with Gasteiger partial charge in [0.25, 0.3) is 11.7 Å². The minimum atomic E-state index is -0.724. The predicted molar refractivity (Wildman–Crippen MR) is 126 cm³/mol. The van der Waals surface area contributed by atoms with Crippen LogP contribution < -0.4 is 4.74 Å². The monoisotopic (exact) mass is 448 g/mol. The third-order valence-corrected chi connectivity index (χ3v) is 5.80. The SMILES string of the molecule is COCCN1C(=O)C(=O)/C(=C(/O)c2ccc(OC(C)C)cc2)C1c1cn(C)c2ccccc12. The summed E-state index contributed by atoms with van der Waals surface area (Å²) in [4.78, 5) is 27.6. The number of aliphatic hydroxyl groups is 1. The van der Waals surface area contributed by atoms with Crippen LogP contribution in [0.25, 0.3) is 16.7 Å². The number of hydrogen-bond acceptors (Lipinski definition) is 5. The van der Waals surface area contributed by atoms with Crippen molar-refractivity contribution < 1.29 is 24.2 Å². The van der Waals surface area contributed by atoms with E-state index in [2.05, 4.69) is 0 Å². The summed E-state index contributed by atoms with van der Waals surface area (Å²) in [6, 6.07) is 13.9. The van der Waals surface area contributed by atoms with Crippen LogP contribution in [-0.4, -0.2) is 52.6 Å². The summed E-state index contributed by atoms with van der Waals surface area (Å²) in [5.41, 5.74) is 2.27. The third kappa shape index (κ3) is 4.12. The van der Waals surface area contributed by atoms with Crippen LogP contribution in [0.5, 0.6) is 5.75 Å². The minimum absolute atomic E-state index is 0.0157. The molecule has 7 heteroatoms. The molecular formula is C26H28N2O5. The van der Waals surface area contributed by atoms with Gasteiger partial charge in [0.05, 0.1) is 24.3 Å². The molecule has 1 N–H and O–H groups in total. The fourth-order valence-electron chi connectivity index (χ4n) is 4.33. The van der Waals surface area contributed by atoms with Gasteiger partial charge < -0.3 is 24.0 Å². The molecule has 0 aliphatic carbocycles. The van der Waals surface area contributed by atoms with Gasteiger partial charge in [-0.05, 0) is 44.2 Å². The largest absolute Gasteiger partial charge is 0.507 e. The molecule has 1 atom stereocenters. The minimum Gasteiger partial charge on any atom is -0.507 e. The first-order valence-corrected chi connectivity index (χ1v) is 10.9. The Morgan fingerprint density at radius 3 is 2.45 bits per heavy atom. The van der Waals surface area contributed by atoms with E-state index >= 15 is 0 Å². The molecule has 1 saturated heterocycles. The lowest BCUT2D eigenvalue weighted by Crippen LogP contribution is -2.32. The highest BCUT2D eigenvalue weighted by Crippen LogP contribution is 2.42. The van der Waals surface area contributed by atoms with Crippen LogP contribution in [0, 0.1) is 0 Å². The van der Waals surface area contributed by atoms with Crippen LogP contribution in [-0.2, 0) is 21.4 Å². The number of carbonyl (C=O) groups excluding carboxylic acids is 2. The van der Waals surface area contributed by atoms with E-state index in [-0.39, 0.29) is 30.6 Å². The van der Waals surface area contributed by atoms with E-state index in [0.29, 0.717) is 11.3 Å². The van der Waals surface area contributed by atoms with E-state index in [1.165, 1.54) is 4.90 Å². The molecule has 2 aromatic carbocycles. The number of nitrogens with zero attached hydrogens (tertiary/aromatic N) is 2. The predicted octanol–water partition coefficient (Wildman–Crippen LogP) is 4.03. The molecular weight excluding hydrogens is 420 g/mol. The summed E-state index contributed by atoms with van der Waals surface area (Å²) >= 11 is 0. The van der Waals surface area contributed by atoms with Crippen molar-refractivity contribution in [2.45, 2.75) is 26.0 Å². The first-order valence-electron chi connectivity index (χ1n) is 10.9. The number of aryl methyl sites for hydroxylation is 1. The van der Waals surface area contributed by atoms with Gasteiger partial charge in [0, 0.05) is 48.9 Å². The molecule has 0 bridgehead atoms. The number of Topliss-reactive ketones (excluding diaryl/α,β-unsaturated/α-hetero) is 1. The second kappa shape index (κ2) is 9.11. The number of para-hydroxylation sites is 1. The molecule has 1 amide bonds. The molecule has 1 fully saturated rings. The lowest BCUT2D eigenvalue weighted by atomic mass is 9.95. The zero-order valence-corrected chi connectivity index (χ0v) is 19.2. The zero-order chi connectivity index (χ0) is 23.7. The van der Waals surface area contributed by atoms with Gasteiger partial charge in [-0.1, -0.05) is 18.2 Å². The van der Waals surface area contributed by atoms with Crippen LogP contribution in [0.15, 0.2) is 60.3 Å². The Labute approximate surface area is 192 Å². The van der Waals surface area contributed by atoms with Crippen molar-refractivity contribution in [2.75, 3.05) is 20.3 Å². The van der Waals surface area contributed by atoms with Gasteiger partial charge in [-0.2, -0.15) is 0 Å². The molecule has 4 rings (SSSR count). The number of ether oxygens (including phenoxy) is 2. The standard InChI is InChI=1S/C26H28N2O5/c1-16(2)33-18-11-9-17(10-12-18)24(29)22-23(28(13-14-32-4)26(31)25(22)30)20-15-27(3)21-8-6-5-7-19(20)21/h5-12,15-16,23,29H,13-14H2,1-4H3/b24-22+. The number of methoxy groups -OCH3 is 1. The number of carbonyl (C=O) groups is 2. The van der Waals surface area contributed by atoms with Gasteiger partial charge in [0.1, 0.15) is 11.5 Å². The summed E-state index contributed by atoms with van der Waals surface area (Å²) in [5, 5.41) is 12.2. The van der Waals surface area contributed by atoms with Gasteiger partial charge in [-0.3, -0.25) is 9.59 Å². The number of aliphatic hydroxyl groups excluding tert-OH is 1. The molecule has 0 radical (unpaired) electrons. The normalized spacial score (nSPS) is 18.0. The van der Waals surface area contributed by atoms with Gasteiger partial charge in [-0.25, -0.2) is 0 Å². The van der Waals surface area contributed by atoms with E-state index in [1.807, 2.05) is 55.9 Å². The van der Waals surface area contributed by atoms with Crippen molar-refractivity contribution in [3.8, 4) is 5.75 Å². The molecule has 1 unspecified atom stereocenters. The lowest BCUT2D eigenvalue weighted by Gasteiger charge is -2.24. The molecule has 2 heterocycles. The number of rotatable bonds is 7. The van der Waals surface area contributed by atoms with Crippen molar-refractivity contribution in [1.29, 1.82) is 0 Å². The first-order chi connectivity index (χ1) is 15.8. The number of ketones is 1. The summed E-state index contributed by atoms with van der Waals surface area (Å²) < 4.78 is 12.8. The smallest absolute Gasteiger partial charge is 0.295 e. The number of benzene rings is 2. The Hall–Kier alpha value is -3.58. The van der Waals surface area contributed by atoms with Crippen molar-refractivity contribution in [2.24, 2.45) is 7.05 Å². The Bertz CT molecular complexity index is 1220. The van der Waals surface area contributed by atoms with Crippen LogP contribution in [0.2, 0.25) is 0 Å². The van der Waals surface area contributed by atoms with E-state index in [1.54, 1.807) is 31.4 Å². The molecule has 1 aromatic heterocycles. The molecule has 7 nitrogen and oxygen atoms in total. The third-order valence-electron chi connectivity index (χ3n) is 5.80. The summed E-state index contributed by atoms with van der Waals surface area (Å²) in [5.74, 6) is -0.898.